The number of nitrogens with zero attached hydrogens (tertiary/aromatic N) is 2. The van der Waals surface area contributed by atoms with Gasteiger partial charge in [0, 0.05) is 12.1 Å². The Morgan fingerprint density at radius 3 is 2.37 bits per heavy atom. The number of halogens is 3. The van der Waals surface area contributed by atoms with Crippen molar-refractivity contribution >= 4 is 0 Å². The topological polar surface area (TPSA) is 43.8 Å². The molecule has 19 heavy (non-hydrogen) atoms. The molecule has 1 aromatic carbocycles. The molecular weight excluding hydrogens is 255 g/mol. The molecule has 0 aliphatic rings. The van der Waals surface area contributed by atoms with E-state index in [2.05, 4.69) is 5.10 Å². The Morgan fingerprint density at radius 2 is 1.84 bits per heavy atom. The highest BCUT2D eigenvalue weighted by Gasteiger charge is 2.39. The first-order valence-electron chi connectivity index (χ1n) is 5.78. The number of rotatable bonds is 2. The predicted molar refractivity (Wildman–Crippen MR) is 65.9 cm³/mol. The molecule has 2 aromatic rings. The zero-order chi connectivity index (χ0) is 14.2. The third kappa shape index (κ3) is 2.35. The van der Waals surface area contributed by atoms with Crippen molar-refractivity contribution in [2.45, 2.75) is 26.6 Å². The van der Waals surface area contributed by atoms with Crippen LogP contribution < -0.4 is 5.73 Å². The van der Waals surface area contributed by atoms with Crippen molar-refractivity contribution in [3.63, 3.8) is 0 Å². The Morgan fingerprint density at radius 1 is 1.21 bits per heavy atom. The highest BCUT2D eigenvalue weighted by atomic mass is 19.4. The maximum Gasteiger partial charge on any atom is 0.433 e. The molecule has 6 heteroatoms. The first-order valence-corrected chi connectivity index (χ1v) is 5.78. The van der Waals surface area contributed by atoms with E-state index in [0.717, 1.165) is 10.2 Å². The van der Waals surface area contributed by atoms with Crippen molar-refractivity contribution in [2.24, 2.45) is 5.73 Å². The minimum Gasteiger partial charge on any atom is -0.326 e. The molecule has 0 radical (unpaired) electrons. The second-order valence-corrected chi connectivity index (χ2v) is 4.31. The summed E-state index contributed by atoms with van der Waals surface area (Å²) in [4.78, 5) is 0. The second kappa shape index (κ2) is 4.70. The molecule has 2 N–H and O–H groups in total. The maximum atomic E-state index is 13.2. The summed E-state index contributed by atoms with van der Waals surface area (Å²) < 4.78 is 40.6. The molecule has 0 aliphatic heterocycles. The molecule has 0 spiro atoms. The smallest absolute Gasteiger partial charge is 0.326 e. The summed E-state index contributed by atoms with van der Waals surface area (Å²) in [7, 11) is 0. The number of para-hydroxylation sites is 1. The largest absolute Gasteiger partial charge is 0.433 e. The summed E-state index contributed by atoms with van der Waals surface area (Å²) in [5.41, 5.74) is 6.11. The van der Waals surface area contributed by atoms with Crippen LogP contribution in [0.1, 0.15) is 22.5 Å². The lowest BCUT2D eigenvalue weighted by Crippen LogP contribution is -2.17. The summed E-state index contributed by atoms with van der Waals surface area (Å²) in [6, 6.07) is 6.81. The van der Waals surface area contributed by atoms with Crippen LogP contribution in [-0.4, -0.2) is 9.78 Å². The van der Waals surface area contributed by atoms with Gasteiger partial charge < -0.3 is 5.73 Å². The number of benzene rings is 1. The summed E-state index contributed by atoms with van der Waals surface area (Å²) in [5.74, 6) is 0. The van der Waals surface area contributed by atoms with E-state index in [9.17, 15) is 13.2 Å². The van der Waals surface area contributed by atoms with Crippen LogP contribution in [0.25, 0.3) is 5.69 Å². The SMILES string of the molecule is Cc1ccccc1-n1nc(C)c(CN)c1C(F)(F)F. The number of hydrogen-bond acceptors (Lipinski definition) is 2. The Hall–Kier alpha value is -1.82. The zero-order valence-electron chi connectivity index (χ0n) is 10.6. The lowest BCUT2D eigenvalue weighted by molar-refractivity contribution is -0.143. The first kappa shape index (κ1) is 13.6. The molecule has 0 saturated heterocycles. The van der Waals surface area contributed by atoms with E-state index in [1.807, 2.05) is 0 Å². The number of aromatic nitrogens is 2. The van der Waals surface area contributed by atoms with E-state index in [4.69, 9.17) is 5.73 Å². The Kier molecular flexibility index (Phi) is 3.36. The molecule has 0 saturated carbocycles. The van der Waals surface area contributed by atoms with Gasteiger partial charge in [-0.25, -0.2) is 4.68 Å². The van der Waals surface area contributed by atoms with Crippen molar-refractivity contribution in [3.8, 4) is 5.69 Å². The van der Waals surface area contributed by atoms with Gasteiger partial charge >= 0.3 is 6.18 Å². The fourth-order valence-corrected chi connectivity index (χ4v) is 2.07. The van der Waals surface area contributed by atoms with E-state index >= 15 is 0 Å². The van der Waals surface area contributed by atoms with E-state index in [-0.39, 0.29) is 12.1 Å². The summed E-state index contributed by atoms with van der Waals surface area (Å²) in [6.45, 7) is 3.09. The van der Waals surface area contributed by atoms with Crippen LogP contribution >= 0.6 is 0 Å². The molecule has 1 aromatic heterocycles. The second-order valence-electron chi connectivity index (χ2n) is 4.31. The van der Waals surface area contributed by atoms with E-state index in [0.29, 0.717) is 11.4 Å². The van der Waals surface area contributed by atoms with Gasteiger partial charge in [-0.2, -0.15) is 18.3 Å². The van der Waals surface area contributed by atoms with Crippen molar-refractivity contribution < 1.29 is 13.2 Å². The number of hydrogen-bond donors (Lipinski definition) is 1. The third-order valence-electron chi connectivity index (χ3n) is 3.00. The molecule has 2 rings (SSSR count). The van der Waals surface area contributed by atoms with Gasteiger partial charge in [0.05, 0.1) is 11.4 Å². The van der Waals surface area contributed by atoms with Gasteiger partial charge in [0.2, 0.25) is 0 Å². The molecule has 0 fully saturated rings. The van der Waals surface area contributed by atoms with Crippen LogP contribution in [-0.2, 0) is 12.7 Å². The normalized spacial score (nSPS) is 11.9. The van der Waals surface area contributed by atoms with Crippen LogP contribution in [0.5, 0.6) is 0 Å². The Balaban J connectivity index is 2.75. The van der Waals surface area contributed by atoms with Gasteiger partial charge in [-0.1, -0.05) is 18.2 Å². The molecule has 102 valence electrons. The molecule has 0 amide bonds. The van der Waals surface area contributed by atoms with Crippen LogP contribution in [0.3, 0.4) is 0 Å². The highest BCUT2D eigenvalue weighted by molar-refractivity contribution is 5.43. The fraction of sp³-hybridized carbons (Fsp3) is 0.308. The highest BCUT2D eigenvalue weighted by Crippen LogP contribution is 2.35. The Bertz CT molecular complexity index is 600. The maximum absolute atomic E-state index is 13.2. The monoisotopic (exact) mass is 269 g/mol. The van der Waals surface area contributed by atoms with Crippen LogP contribution in [0, 0.1) is 13.8 Å². The number of nitrogens with two attached hydrogens (primary N) is 1. The molecule has 0 unspecified atom stereocenters. The van der Waals surface area contributed by atoms with Gasteiger partial charge in [0.15, 0.2) is 5.69 Å². The van der Waals surface area contributed by atoms with E-state index in [1.54, 1.807) is 31.2 Å². The van der Waals surface area contributed by atoms with Crippen LogP contribution in [0.15, 0.2) is 24.3 Å². The Labute approximate surface area is 108 Å². The molecule has 0 atom stereocenters. The number of aryl methyl sites for hydroxylation is 2. The third-order valence-corrected chi connectivity index (χ3v) is 3.00. The zero-order valence-corrected chi connectivity index (χ0v) is 10.6. The average Bonchev–Trinajstić information content (AvgIpc) is 2.66. The van der Waals surface area contributed by atoms with E-state index < -0.39 is 11.9 Å². The minimum atomic E-state index is -4.49. The molecular formula is C13H14F3N3. The van der Waals surface area contributed by atoms with Crippen molar-refractivity contribution in [2.75, 3.05) is 0 Å². The molecule has 1 heterocycles. The van der Waals surface area contributed by atoms with Gasteiger partial charge in [-0.05, 0) is 25.5 Å². The van der Waals surface area contributed by atoms with Crippen molar-refractivity contribution in [1.82, 2.24) is 9.78 Å². The summed E-state index contributed by atoms with van der Waals surface area (Å²) in [6.07, 6.45) is -4.49. The average molecular weight is 269 g/mol. The van der Waals surface area contributed by atoms with Crippen molar-refractivity contribution in [3.05, 3.63) is 46.8 Å². The standard InChI is InChI=1S/C13H14F3N3/c1-8-5-3-4-6-11(8)19-12(13(14,15)16)10(7-17)9(2)18-19/h3-6H,7,17H2,1-2H3. The number of alkyl halides is 3. The van der Waals surface area contributed by atoms with Gasteiger partial charge in [0.1, 0.15) is 0 Å². The molecule has 0 bridgehead atoms. The lowest BCUT2D eigenvalue weighted by atomic mass is 10.1. The van der Waals surface area contributed by atoms with Gasteiger partial charge in [-0.15, -0.1) is 0 Å². The van der Waals surface area contributed by atoms with Crippen LogP contribution in [0.2, 0.25) is 0 Å². The van der Waals surface area contributed by atoms with Crippen LogP contribution in [0.4, 0.5) is 13.2 Å². The summed E-state index contributed by atoms with van der Waals surface area (Å²) in [5, 5.41) is 4.00. The quantitative estimate of drug-likeness (QED) is 0.910. The molecule has 3 nitrogen and oxygen atoms in total. The first-order chi connectivity index (χ1) is 8.86. The van der Waals surface area contributed by atoms with Gasteiger partial charge in [-0.3, -0.25) is 0 Å². The minimum absolute atomic E-state index is 0.0377. The predicted octanol–water partition coefficient (Wildman–Crippen LogP) is 2.97. The lowest BCUT2D eigenvalue weighted by Gasteiger charge is -2.13. The molecule has 0 aliphatic carbocycles. The van der Waals surface area contributed by atoms with Crippen molar-refractivity contribution in [1.29, 1.82) is 0 Å². The van der Waals surface area contributed by atoms with E-state index in [1.165, 1.54) is 6.92 Å². The fourth-order valence-electron chi connectivity index (χ4n) is 2.07. The van der Waals surface area contributed by atoms with Gasteiger partial charge in [0.25, 0.3) is 0 Å². The summed E-state index contributed by atoms with van der Waals surface area (Å²) >= 11 is 0.